The molecule has 3 nitrogen and oxygen atoms in total. The monoisotopic (exact) mass is 141 g/mol. The molecule has 3 heteroatoms. The second-order valence-corrected chi connectivity index (χ2v) is 3.11. The van der Waals surface area contributed by atoms with E-state index in [0.717, 1.165) is 19.0 Å². The minimum atomic E-state index is 0.702. The van der Waals surface area contributed by atoms with E-state index >= 15 is 0 Å². The van der Waals surface area contributed by atoms with Crippen LogP contribution in [0.5, 0.6) is 0 Å². The number of amidine groups is 1. The van der Waals surface area contributed by atoms with Crippen molar-refractivity contribution < 1.29 is 0 Å². The fourth-order valence-electron chi connectivity index (χ4n) is 1.04. The third-order valence-electron chi connectivity index (χ3n) is 1.38. The van der Waals surface area contributed by atoms with E-state index in [2.05, 4.69) is 29.3 Å². The molecule has 0 spiro atoms. The molecule has 10 heavy (non-hydrogen) atoms. The Morgan fingerprint density at radius 1 is 1.70 bits per heavy atom. The van der Waals surface area contributed by atoms with Crippen LogP contribution in [0.4, 0.5) is 0 Å². The van der Waals surface area contributed by atoms with Gasteiger partial charge in [-0.1, -0.05) is 13.8 Å². The van der Waals surface area contributed by atoms with Crippen LogP contribution >= 0.6 is 0 Å². The van der Waals surface area contributed by atoms with Crippen LogP contribution in [0.15, 0.2) is 4.99 Å². The zero-order valence-electron chi connectivity index (χ0n) is 6.89. The Labute approximate surface area is 62.1 Å². The highest BCUT2D eigenvalue weighted by molar-refractivity contribution is 5.80. The fourth-order valence-corrected chi connectivity index (χ4v) is 1.04. The van der Waals surface area contributed by atoms with Gasteiger partial charge in [0, 0.05) is 6.54 Å². The van der Waals surface area contributed by atoms with Crippen LogP contribution in [0.3, 0.4) is 0 Å². The van der Waals surface area contributed by atoms with E-state index in [1.807, 2.05) is 6.92 Å². The normalized spacial score (nSPS) is 19.4. The first kappa shape index (κ1) is 7.54. The Kier molecular flexibility index (Phi) is 2.27. The lowest BCUT2D eigenvalue weighted by Crippen LogP contribution is -2.37. The van der Waals surface area contributed by atoms with Crippen molar-refractivity contribution >= 4 is 5.84 Å². The molecule has 0 fully saturated rings. The van der Waals surface area contributed by atoms with Gasteiger partial charge in [0.1, 0.15) is 12.5 Å². The second kappa shape index (κ2) is 3.01. The fraction of sp³-hybridized carbons (Fsp3) is 0.857. The first-order valence-electron chi connectivity index (χ1n) is 3.71. The molecule has 1 rings (SSSR count). The molecule has 0 amide bonds. The van der Waals surface area contributed by atoms with Crippen molar-refractivity contribution in [2.45, 2.75) is 20.8 Å². The van der Waals surface area contributed by atoms with Crippen LogP contribution in [-0.4, -0.2) is 24.1 Å². The summed E-state index contributed by atoms with van der Waals surface area (Å²) in [6, 6.07) is 0. The van der Waals surface area contributed by atoms with Crippen molar-refractivity contribution in [1.82, 2.24) is 10.4 Å². The summed E-state index contributed by atoms with van der Waals surface area (Å²) < 4.78 is 0. The zero-order chi connectivity index (χ0) is 7.56. The zero-order valence-corrected chi connectivity index (χ0v) is 6.89. The molecule has 0 bridgehead atoms. The van der Waals surface area contributed by atoms with Crippen molar-refractivity contribution in [3.8, 4) is 0 Å². The summed E-state index contributed by atoms with van der Waals surface area (Å²) >= 11 is 0. The molecular formula is C7H15N3. The van der Waals surface area contributed by atoms with Crippen molar-refractivity contribution in [3.05, 3.63) is 0 Å². The highest BCUT2D eigenvalue weighted by Gasteiger charge is 2.11. The van der Waals surface area contributed by atoms with Crippen molar-refractivity contribution in [3.63, 3.8) is 0 Å². The van der Waals surface area contributed by atoms with Gasteiger partial charge < -0.3 is 5.43 Å². The number of nitrogens with one attached hydrogen (secondary N) is 1. The summed E-state index contributed by atoms with van der Waals surface area (Å²) in [7, 11) is 0. The van der Waals surface area contributed by atoms with Gasteiger partial charge >= 0.3 is 0 Å². The van der Waals surface area contributed by atoms with Crippen LogP contribution in [0.25, 0.3) is 0 Å². The third-order valence-corrected chi connectivity index (χ3v) is 1.38. The van der Waals surface area contributed by atoms with Gasteiger partial charge in [0.05, 0.1) is 0 Å². The standard InChI is InChI=1S/C7H15N3/c1-6(2)4-10-5-8-7(3)9-10/h6H,4-5H2,1-3H3,(H,8,9). The van der Waals surface area contributed by atoms with E-state index in [1.165, 1.54) is 0 Å². The minimum absolute atomic E-state index is 0.702. The Morgan fingerprint density at radius 3 is 2.80 bits per heavy atom. The molecule has 0 unspecified atom stereocenters. The van der Waals surface area contributed by atoms with Gasteiger partial charge in [-0.2, -0.15) is 0 Å². The lowest BCUT2D eigenvalue weighted by Gasteiger charge is -2.17. The van der Waals surface area contributed by atoms with E-state index in [9.17, 15) is 0 Å². The maximum absolute atomic E-state index is 4.20. The first-order valence-corrected chi connectivity index (χ1v) is 3.71. The maximum Gasteiger partial charge on any atom is 0.110 e. The van der Waals surface area contributed by atoms with Gasteiger partial charge in [-0.05, 0) is 12.8 Å². The van der Waals surface area contributed by atoms with Crippen LogP contribution in [0.1, 0.15) is 20.8 Å². The smallest absolute Gasteiger partial charge is 0.110 e. The van der Waals surface area contributed by atoms with Crippen LogP contribution < -0.4 is 5.43 Å². The highest BCUT2D eigenvalue weighted by atomic mass is 15.6. The number of nitrogens with zero attached hydrogens (tertiary/aromatic N) is 2. The van der Waals surface area contributed by atoms with Crippen molar-refractivity contribution in [2.75, 3.05) is 13.2 Å². The summed E-state index contributed by atoms with van der Waals surface area (Å²) in [5.74, 6) is 1.73. The topological polar surface area (TPSA) is 27.6 Å². The number of hydrazine groups is 1. The van der Waals surface area contributed by atoms with E-state index < -0.39 is 0 Å². The summed E-state index contributed by atoms with van der Waals surface area (Å²) in [6.45, 7) is 8.27. The number of hydrogen-bond acceptors (Lipinski definition) is 3. The Morgan fingerprint density at radius 2 is 2.40 bits per heavy atom. The molecule has 58 valence electrons. The molecule has 0 saturated carbocycles. The lowest BCUT2D eigenvalue weighted by atomic mass is 10.2. The molecule has 1 N–H and O–H groups in total. The largest absolute Gasteiger partial charge is 0.305 e. The number of hydrogen-bond donors (Lipinski definition) is 1. The molecule has 1 aliphatic rings. The average Bonchev–Trinajstić information content (AvgIpc) is 2.13. The van der Waals surface area contributed by atoms with E-state index in [-0.39, 0.29) is 0 Å². The summed E-state index contributed by atoms with van der Waals surface area (Å²) in [5.41, 5.74) is 3.17. The molecule has 0 aromatic heterocycles. The van der Waals surface area contributed by atoms with Gasteiger partial charge in [-0.25, -0.2) is 5.01 Å². The van der Waals surface area contributed by atoms with Gasteiger partial charge in [0.25, 0.3) is 0 Å². The van der Waals surface area contributed by atoms with Gasteiger partial charge in [-0.3, -0.25) is 4.99 Å². The summed E-state index contributed by atoms with van der Waals surface area (Å²) in [4.78, 5) is 4.20. The predicted molar refractivity (Wildman–Crippen MR) is 42.7 cm³/mol. The Balaban J connectivity index is 2.23. The van der Waals surface area contributed by atoms with E-state index in [4.69, 9.17) is 0 Å². The molecule has 0 aliphatic carbocycles. The number of aliphatic imine (C=N–C) groups is 1. The van der Waals surface area contributed by atoms with Crippen molar-refractivity contribution in [1.29, 1.82) is 0 Å². The Bertz CT molecular complexity index is 140. The van der Waals surface area contributed by atoms with E-state index in [1.54, 1.807) is 0 Å². The Hall–Kier alpha value is -0.570. The van der Waals surface area contributed by atoms with Gasteiger partial charge in [0.15, 0.2) is 0 Å². The molecule has 0 saturated heterocycles. The summed E-state index contributed by atoms with van der Waals surface area (Å²) in [5, 5.41) is 2.12. The van der Waals surface area contributed by atoms with Gasteiger partial charge in [0.2, 0.25) is 0 Å². The second-order valence-electron chi connectivity index (χ2n) is 3.11. The highest BCUT2D eigenvalue weighted by Crippen LogP contribution is 1.99. The van der Waals surface area contributed by atoms with Crippen LogP contribution in [-0.2, 0) is 0 Å². The SMILES string of the molecule is CC1=NCN(CC(C)C)N1. The molecule has 1 aliphatic heterocycles. The average molecular weight is 141 g/mol. The molecular weight excluding hydrogens is 126 g/mol. The van der Waals surface area contributed by atoms with Crippen LogP contribution in [0.2, 0.25) is 0 Å². The first-order chi connectivity index (χ1) is 4.68. The summed E-state index contributed by atoms with van der Waals surface area (Å²) in [6.07, 6.45) is 0. The van der Waals surface area contributed by atoms with Crippen molar-refractivity contribution in [2.24, 2.45) is 10.9 Å². The molecule has 0 aromatic carbocycles. The molecule has 0 atom stereocenters. The van der Waals surface area contributed by atoms with Gasteiger partial charge in [-0.15, -0.1) is 0 Å². The maximum atomic E-state index is 4.20. The predicted octanol–water partition coefficient (Wildman–Crippen LogP) is 0.839. The molecule has 1 heterocycles. The molecule has 0 aromatic rings. The molecule has 0 radical (unpaired) electrons. The third kappa shape index (κ3) is 1.99. The lowest BCUT2D eigenvalue weighted by molar-refractivity contribution is 0.235. The van der Waals surface area contributed by atoms with Crippen LogP contribution in [0, 0.1) is 5.92 Å². The van der Waals surface area contributed by atoms with E-state index in [0.29, 0.717) is 5.92 Å². The number of rotatable bonds is 2. The quantitative estimate of drug-likeness (QED) is 0.617. The minimum Gasteiger partial charge on any atom is -0.305 e.